The second kappa shape index (κ2) is 15.3. The smallest absolute Gasteiger partial charge is 0.164 e. The highest BCUT2D eigenvalue weighted by molar-refractivity contribution is 6.71. The van der Waals surface area contributed by atoms with Crippen LogP contribution in [0.1, 0.15) is 0 Å². The van der Waals surface area contributed by atoms with Gasteiger partial charge in [-0.05, 0) is 27.8 Å². The Bertz CT molecular complexity index is 3170. The van der Waals surface area contributed by atoms with E-state index in [0.29, 0.717) is 17.5 Å². The molecule has 9 rings (SSSR count). The first-order chi connectivity index (χ1) is 28.8. The van der Waals surface area contributed by atoms with Crippen molar-refractivity contribution in [3.63, 3.8) is 0 Å². The average Bonchev–Trinajstić information content (AvgIpc) is 3.68. The highest BCUT2D eigenvalue weighted by Gasteiger charge is 2.28. The van der Waals surface area contributed by atoms with Crippen molar-refractivity contribution in [3.8, 4) is 67.5 Å². The standard InChI is InChI=1S/C45H40B11N3O/c46-30-26(31(47)36(52)38(54)35(30)51)28-32(48)34(50)29(25-27-33(49)37(53)39(55)40(56)42(27)60-41(25)28)45-58-43(23-9-5-2-6-10-23)57-44(59-45)24-17-15-22(16-18-24)21-13-11-20(12-14-21)19-7-3-1-4-8-19/h1-18H,46-56H2. The van der Waals surface area contributed by atoms with E-state index in [2.05, 4.69) is 177 Å². The van der Waals surface area contributed by atoms with Crippen LogP contribution in [0.5, 0.6) is 0 Å². The summed E-state index contributed by atoms with van der Waals surface area (Å²) < 4.78 is 7.25. The molecule has 274 valence electrons. The molecule has 0 fully saturated rings. The van der Waals surface area contributed by atoms with Crippen molar-refractivity contribution in [2.75, 3.05) is 0 Å². The third-order valence-electron chi connectivity index (χ3n) is 13.7. The summed E-state index contributed by atoms with van der Waals surface area (Å²) in [5.74, 6) is 1.90. The Balaban J connectivity index is 1.30. The summed E-state index contributed by atoms with van der Waals surface area (Å²) in [6, 6.07) is 38.1. The Morgan fingerprint density at radius 3 is 1.13 bits per heavy atom. The zero-order valence-corrected chi connectivity index (χ0v) is 36.6. The minimum Gasteiger partial charge on any atom is -0.456 e. The molecule has 0 unspecified atom stereocenters. The molecule has 0 amide bonds. The summed E-state index contributed by atoms with van der Waals surface area (Å²) in [5.41, 5.74) is 25.6. The Morgan fingerprint density at radius 2 is 0.617 bits per heavy atom. The van der Waals surface area contributed by atoms with Crippen LogP contribution < -0.4 is 60.1 Å². The van der Waals surface area contributed by atoms with Gasteiger partial charge in [0.1, 0.15) is 97.5 Å². The van der Waals surface area contributed by atoms with Gasteiger partial charge in [-0.1, -0.05) is 147 Å². The molecule has 2 heterocycles. The summed E-state index contributed by atoms with van der Waals surface area (Å²) in [7, 11) is 24.6. The van der Waals surface area contributed by atoms with Crippen molar-refractivity contribution in [1.29, 1.82) is 0 Å². The first-order valence-corrected chi connectivity index (χ1v) is 21.0. The predicted octanol–water partition coefficient (Wildman–Crippen LogP) is -7.38. The number of hydrogen-bond acceptors (Lipinski definition) is 4. The Labute approximate surface area is 362 Å². The molecule has 4 nitrogen and oxygen atoms in total. The molecule has 60 heavy (non-hydrogen) atoms. The van der Waals surface area contributed by atoms with Crippen molar-refractivity contribution >= 4 is 168 Å². The Morgan fingerprint density at radius 1 is 0.267 bits per heavy atom. The van der Waals surface area contributed by atoms with Gasteiger partial charge < -0.3 is 4.42 Å². The van der Waals surface area contributed by atoms with Crippen LogP contribution in [0.2, 0.25) is 0 Å². The van der Waals surface area contributed by atoms with Gasteiger partial charge in [-0.2, -0.15) is 0 Å². The van der Waals surface area contributed by atoms with Gasteiger partial charge in [-0.3, -0.25) is 0 Å². The fraction of sp³-hybridized carbons (Fsp3) is 0. The number of furan rings is 1. The monoisotopic (exact) mass is 759 g/mol. The molecule has 0 aliphatic rings. The van der Waals surface area contributed by atoms with Gasteiger partial charge in [-0.15, -0.1) is 21.9 Å². The SMILES string of the molecule is Bc1c(B)c(B)c(-c2c(B)c(B)c(-c3nc(-c4ccccc4)nc(-c4ccc(-c5ccc(-c6ccccc6)cc5)cc4)n3)c3c2oc2c(B)c(B)c(B)c(B)c23)c(B)c1B. The molecular weight excluding hydrogens is 717 g/mol. The molecule has 0 spiro atoms. The minimum absolute atomic E-state index is 0.628. The number of nitrogens with zero attached hydrogens (tertiary/aromatic N) is 3. The lowest BCUT2D eigenvalue weighted by atomic mass is 9.58. The van der Waals surface area contributed by atoms with Crippen molar-refractivity contribution in [2.45, 2.75) is 0 Å². The Hall–Kier alpha value is -5.94. The zero-order valence-electron chi connectivity index (χ0n) is 36.6. The van der Waals surface area contributed by atoms with Crippen LogP contribution in [0.15, 0.2) is 114 Å². The number of aromatic nitrogens is 3. The number of rotatable bonds is 6. The van der Waals surface area contributed by atoms with Crippen LogP contribution in [0, 0.1) is 0 Å². The van der Waals surface area contributed by atoms with Crippen LogP contribution in [0.25, 0.3) is 89.5 Å². The van der Waals surface area contributed by atoms with Crippen LogP contribution in [0.4, 0.5) is 0 Å². The number of benzene rings is 7. The van der Waals surface area contributed by atoms with Crippen molar-refractivity contribution in [1.82, 2.24) is 15.0 Å². The maximum atomic E-state index is 7.25. The van der Waals surface area contributed by atoms with Crippen molar-refractivity contribution in [2.24, 2.45) is 0 Å². The van der Waals surface area contributed by atoms with E-state index in [1.807, 2.05) is 18.2 Å². The van der Waals surface area contributed by atoms with Crippen molar-refractivity contribution in [3.05, 3.63) is 109 Å². The fourth-order valence-corrected chi connectivity index (χ4v) is 9.21. The molecule has 0 aliphatic heterocycles. The molecule has 2 aromatic heterocycles. The molecule has 9 aromatic rings. The van der Waals surface area contributed by atoms with E-state index in [1.54, 1.807) is 0 Å². The molecule has 7 aromatic carbocycles. The summed E-state index contributed by atoms with van der Waals surface area (Å²) in [5, 5.41) is 2.19. The summed E-state index contributed by atoms with van der Waals surface area (Å²) in [4.78, 5) is 15.9. The molecule has 0 aliphatic carbocycles. The molecule has 0 atom stereocenters. The highest BCUT2D eigenvalue weighted by atomic mass is 16.3. The second-order valence-electron chi connectivity index (χ2n) is 16.7. The van der Waals surface area contributed by atoms with Gasteiger partial charge in [0.2, 0.25) is 0 Å². The predicted molar refractivity (Wildman–Crippen MR) is 290 cm³/mol. The molecule has 15 heteroatoms. The van der Waals surface area contributed by atoms with Crippen LogP contribution >= 0.6 is 0 Å². The third kappa shape index (κ3) is 6.36. The zero-order chi connectivity index (χ0) is 42.1. The van der Waals surface area contributed by atoms with E-state index < -0.39 is 0 Å². The second-order valence-corrected chi connectivity index (χ2v) is 16.7. The first-order valence-electron chi connectivity index (χ1n) is 21.0. The quantitative estimate of drug-likeness (QED) is 0.159. The molecular formula is C45H40B11N3O. The van der Waals surface area contributed by atoms with Gasteiger partial charge in [-0.25, -0.2) is 15.0 Å². The van der Waals surface area contributed by atoms with E-state index >= 15 is 0 Å². The maximum Gasteiger partial charge on any atom is 0.164 e. The lowest BCUT2D eigenvalue weighted by Gasteiger charge is -2.24. The highest BCUT2D eigenvalue weighted by Crippen LogP contribution is 2.38. The van der Waals surface area contributed by atoms with Gasteiger partial charge in [0, 0.05) is 33.0 Å². The fourth-order valence-electron chi connectivity index (χ4n) is 9.21. The first kappa shape index (κ1) is 39.5. The van der Waals surface area contributed by atoms with E-state index in [4.69, 9.17) is 19.4 Å². The summed E-state index contributed by atoms with van der Waals surface area (Å²) in [6.07, 6.45) is 0. The van der Waals surface area contributed by atoms with Crippen LogP contribution in [-0.2, 0) is 0 Å². The van der Waals surface area contributed by atoms with Gasteiger partial charge in [0.05, 0.1) is 0 Å². The lowest BCUT2D eigenvalue weighted by molar-refractivity contribution is 0.673. The van der Waals surface area contributed by atoms with E-state index in [-0.39, 0.29) is 0 Å². The van der Waals surface area contributed by atoms with E-state index in [0.717, 1.165) is 66.2 Å². The van der Waals surface area contributed by atoms with E-state index in [1.165, 1.54) is 65.9 Å². The average molecular weight is 758 g/mol. The normalized spacial score (nSPS) is 11.4. The summed E-state index contributed by atoms with van der Waals surface area (Å²) in [6.45, 7) is 0. The molecule has 0 bridgehead atoms. The van der Waals surface area contributed by atoms with Crippen LogP contribution in [0.3, 0.4) is 0 Å². The largest absolute Gasteiger partial charge is 0.456 e. The van der Waals surface area contributed by atoms with Gasteiger partial charge >= 0.3 is 0 Å². The third-order valence-corrected chi connectivity index (χ3v) is 13.7. The topological polar surface area (TPSA) is 51.8 Å². The van der Waals surface area contributed by atoms with Crippen LogP contribution in [-0.4, -0.2) is 101 Å². The minimum atomic E-state index is 0.628. The molecule has 0 saturated carbocycles. The Kier molecular flexibility index (Phi) is 10.1. The number of hydrogen-bond donors (Lipinski definition) is 0. The molecule has 0 radical (unpaired) electrons. The van der Waals surface area contributed by atoms with E-state index in [9.17, 15) is 0 Å². The number of fused-ring (bicyclic) bond motifs is 3. The maximum absolute atomic E-state index is 7.25. The summed E-state index contributed by atoms with van der Waals surface area (Å²) >= 11 is 0. The van der Waals surface area contributed by atoms with Gasteiger partial charge in [0.25, 0.3) is 0 Å². The molecule has 0 N–H and O–H groups in total. The lowest BCUT2D eigenvalue weighted by Crippen LogP contribution is -2.55. The van der Waals surface area contributed by atoms with Crippen molar-refractivity contribution < 1.29 is 4.42 Å². The van der Waals surface area contributed by atoms with Gasteiger partial charge in [0.15, 0.2) is 17.5 Å². The molecule has 0 saturated heterocycles.